The molecule has 0 saturated heterocycles. The van der Waals surface area contributed by atoms with E-state index in [1.807, 2.05) is 48.5 Å². The van der Waals surface area contributed by atoms with Crippen LogP contribution in [0.15, 0.2) is 78.0 Å². The number of ether oxygens (including phenoxy) is 2. The summed E-state index contributed by atoms with van der Waals surface area (Å²) in [5.74, 6) is 1.59. The molecule has 34 heavy (non-hydrogen) atoms. The Balaban J connectivity index is 1.49. The van der Waals surface area contributed by atoms with Crippen LogP contribution in [-0.2, 0) is 4.79 Å². The maximum atomic E-state index is 13.0. The molecule has 0 atom stereocenters. The molecule has 0 aliphatic rings. The highest BCUT2D eigenvalue weighted by molar-refractivity contribution is 7.99. The SMILES string of the molecule is COc1ccc(-c2nc(SCCC(=O)Nc3ccc(F)cc3)[nH]c2-c2ccc(OC)cc2)cc1. The lowest BCUT2D eigenvalue weighted by Gasteiger charge is -2.06. The molecule has 2 N–H and O–H groups in total. The first-order valence-corrected chi connectivity index (χ1v) is 11.6. The number of benzene rings is 3. The normalized spacial score (nSPS) is 10.7. The third kappa shape index (κ3) is 5.77. The summed E-state index contributed by atoms with van der Waals surface area (Å²) < 4.78 is 23.6. The number of methoxy groups -OCH3 is 2. The van der Waals surface area contributed by atoms with Crippen LogP contribution in [0.25, 0.3) is 22.5 Å². The predicted molar refractivity (Wildman–Crippen MR) is 133 cm³/mol. The number of amides is 1. The van der Waals surface area contributed by atoms with Crippen molar-refractivity contribution in [2.45, 2.75) is 11.6 Å². The van der Waals surface area contributed by atoms with Crippen LogP contribution in [0.3, 0.4) is 0 Å². The quantitative estimate of drug-likeness (QED) is 0.288. The lowest BCUT2D eigenvalue weighted by Crippen LogP contribution is -2.12. The van der Waals surface area contributed by atoms with Gasteiger partial charge in [0.05, 0.1) is 25.6 Å². The average Bonchev–Trinajstić information content (AvgIpc) is 3.29. The smallest absolute Gasteiger partial charge is 0.225 e. The second-order valence-corrected chi connectivity index (χ2v) is 8.46. The molecule has 0 radical (unpaired) electrons. The molecule has 0 unspecified atom stereocenters. The highest BCUT2D eigenvalue weighted by Crippen LogP contribution is 2.34. The van der Waals surface area contributed by atoms with E-state index in [4.69, 9.17) is 14.5 Å². The number of hydrogen-bond acceptors (Lipinski definition) is 5. The summed E-state index contributed by atoms with van der Waals surface area (Å²) in [5.41, 5.74) is 4.18. The minimum atomic E-state index is -0.341. The number of anilines is 1. The molecule has 4 aromatic rings. The number of imidazole rings is 1. The van der Waals surface area contributed by atoms with E-state index in [0.29, 0.717) is 23.0 Å². The topological polar surface area (TPSA) is 76.2 Å². The van der Waals surface area contributed by atoms with Gasteiger partial charge >= 0.3 is 0 Å². The van der Waals surface area contributed by atoms with Crippen LogP contribution in [0.5, 0.6) is 11.5 Å². The minimum Gasteiger partial charge on any atom is -0.497 e. The fraction of sp³-hybridized carbons (Fsp3) is 0.154. The number of carbonyl (C=O) groups is 1. The number of thioether (sulfide) groups is 1. The maximum Gasteiger partial charge on any atom is 0.225 e. The molecule has 3 aromatic carbocycles. The maximum absolute atomic E-state index is 13.0. The monoisotopic (exact) mass is 477 g/mol. The average molecular weight is 478 g/mol. The number of H-pyrrole nitrogens is 1. The van der Waals surface area contributed by atoms with Gasteiger partial charge in [0.2, 0.25) is 5.91 Å². The van der Waals surface area contributed by atoms with Crippen LogP contribution in [0.1, 0.15) is 6.42 Å². The summed E-state index contributed by atoms with van der Waals surface area (Å²) >= 11 is 1.46. The Morgan fingerprint density at radius 1 is 0.912 bits per heavy atom. The highest BCUT2D eigenvalue weighted by Gasteiger charge is 2.15. The van der Waals surface area contributed by atoms with Gasteiger partial charge in [0.1, 0.15) is 17.3 Å². The Morgan fingerprint density at radius 3 is 2.09 bits per heavy atom. The first-order valence-electron chi connectivity index (χ1n) is 10.6. The third-order valence-corrected chi connectivity index (χ3v) is 6.00. The Hall–Kier alpha value is -3.78. The first kappa shape index (κ1) is 23.4. The summed E-state index contributed by atoms with van der Waals surface area (Å²) in [5, 5.41) is 3.49. The van der Waals surface area contributed by atoms with E-state index in [9.17, 15) is 9.18 Å². The molecule has 0 spiro atoms. The van der Waals surface area contributed by atoms with Gasteiger partial charge in [-0.25, -0.2) is 9.37 Å². The van der Waals surface area contributed by atoms with Gasteiger partial charge in [-0.05, 0) is 72.8 Å². The van der Waals surface area contributed by atoms with Crippen LogP contribution in [0.4, 0.5) is 10.1 Å². The Kier molecular flexibility index (Phi) is 7.49. The molecular weight excluding hydrogens is 453 g/mol. The van der Waals surface area contributed by atoms with Gasteiger partial charge in [-0.1, -0.05) is 11.8 Å². The van der Waals surface area contributed by atoms with Crippen LogP contribution in [-0.4, -0.2) is 35.8 Å². The number of halogens is 1. The summed E-state index contributed by atoms with van der Waals surface area (Å²) in [6.07, 6.45) is 0.290. The molecule has 1 heterocycles. The van der Waals surface area contributed by atoms with Crippen LogP contribution < -0.4 is 14.8 Å². The largest absolute Gasteiger partial charge is 0.497 e. The molecule has 0 bridgehead atoms. The standard InChI is InChI=1S/C26H24FN3O3S/c1-32-21-11-3-17(4-12-21)24-25(18-5-13-22(33-2)14-6-18)30-26(29-24)34-16-15-23(31)28-20-9-7-19(27)8-10-20/h3-14H,15-16H2,1-2H3,(H,28,31)(H,29,30). The Morgan fingerprint density at radius 2 is 1.50 bits per heavy atom. The molecule has 1 aromatic heterocycles. The van der Waals surface area contributed by atoms with Crippen molar-refractivity contribution in [2.24, 2.45) is 0 Å². The molecular formula is C26H24FN3O3S. The van der Waals surface area contributed by atoms with E-state index in [1.54, 1.807) is 14.2 Å². The molecule has 0 aliphatic carbocycles. The summed E-state index contributed by atoms with van der Waals surface area (Å²) in [4.78, 5) is 20.5. The van der Waals surface area contributed by atoms with Crippen molar-refractivity contribution in [1.29, 1.82) is 0 Å². The summed E-state index contributed by atoms with van der Waals surface area (Å²) in [7, 11) is 3.27. The van der Waals surface area contributed by atoms with Gasteiger partial charge in [0.25, 0.3) is 0 Å². The van der Waals surface area contributed by atoms with E-state index < -0.39 is 0 Å². The molecule has 0 aliphatic heterocycles. The number of aromatic amines is 1. The second kappa shape index (κ2) is 10.9. The van der Waals surface area contributed by atoms with E-state index in [1.165, 1.54) is 36.0 Å². The predicted octanol–water partition coefficient (Wildman–Crippen LogP) is 6.02. The van der Waals surface area contributed by atoms with Crippen molar-refractivity contribution in [3.8, 4) is 34.0 Å². The molecule has 8 heteroatoms. The Labute approximate surface area is 201 Å². The molecule has 0 fully saturated rings. The number of nitrogens with one attached hydrogen (secondary N) is 2. The van der Waals surface area contributed by atoms with E-state index in [-0.39, 0.29) is 11.7 Å². The van der Waals surface area contributed by atoms with Gasteiger partial charge in [-0.2, -0.15) is 0 Å². The van der Waals surface area contributed by atoms with Crippen LogP contribution in [0, 0.1) is 5.82 Å². The first-order chi connectivity index (χ1) is 16.6. The molecule has 4 rings (SSSR count). The number of rotatable bonds is 9. The van der Waals surface area contributed by atoms with Crippen molar-refractivity contribution in [3.05, 3.63) is 78.6 Å². The summed E-state index contributed by atoms with van der Waals surface area (Å²) in [6.45, 7) is 0. The highest BCUT2D eigenvalue weighted by atomic mass is 32.2. The van der Waals surface area contributed by atoms with Gasteiger partial charge in [-0.3, -0.25) is 4.79 Å². The number of aromatic nitrogens is 2. The third-order valence-electron chi connectivity index (χ3n) is 5.12. The number of nitrogens with zero attached hydrogens (tertiary/aromatic N) is 1. The number of hydrogen-bond donors (Lipinski definition) is 2. The van der Waals surface area contributed by atoms with Crippen molar-refractivity contribution in [2.75, 3.05) is 25.3 Å². The van der Waals surface area contributed by atoms with Gasteiger partial charge in [0.15, 0.2) is 5.16 Å². The fourth-order valence-electron chi connectivity index (χ4n) is 3.34. The van der Waals surface area contributed by atoms with E-state index in [2.05, 4.69) is 10.3 Å². The van der Waals surface area contributed by atoms with Gasteiger partial charge in [-0.15, -0.1) is 0 Å². The lowest BCUT2D eigenvalue weighted by molar-refractivity contribution is -0.115. The van der Waals surface area contributed by atoms with E-state index >= 15 is 0 Å². The zero-order valence-corrected chi connectivity index (χ0v) is 19.6. The Bertz CT molecular complexity index is 1180. The summed E-state index contributed by atoms with van der Waals surface area (Å²) in [6, 6.07) is 21.2. The van der Waals surface area contributed by atoms with Crippen molar-refractivity contribution in [3.63, 3.8) is 0 Å². The van der Waals surface area contributed by atoms with Crippen molar-refractivity contribution < 1.29 is 18.7 Å². The zero-order chi connectivity index (χ0) is 23.9. The van der Waals surface area contributed by atoms with Gasteiger partial charge < -0.3 is 19.8 Å². The van der Waals surface area contributed by atoms with Crippen LogP contribution >= 0.6 is 11.8 Å². The van der Waals surface area contributed by atoms with Crippen LogP contribution in [0.2, 0.25) is 0 Å². The number of carbonyl (C=O) groups excluding carboxylic acids is 1. The molecule has 6 nitrogen and oxygen atoms in total. The zero-order valence-electron chi connectivity index (χ0n) is 18.8. The van der Waals surface area contributed by atoms with Crippen molar-refractivity contribution in [1.82, 2.24) is 9.97 Å². The lowest BCUT2D eigenvalue weighted by atomic mass is 10.0. The van der Waals surface area contributed by atoms with E-state index in [0.717, 1.165) is 34.0 Å². The molecule has 0 saturated carbocycles. The van der Waals surface area contributed by atoms with Gasteiger partial charge in [0, 0.05) is 29.0 Å². The van der Waals surface area contributed by atoms with Crippen molar-refractivity contribution >= 4 is 23.4 Å². The fourth-order valence-corrected chi connectivity index (χ4v) is 4.15. The molecule has 174 valence electrons. The molecule has 1 amide bonds. The second-order valence-electron chi connectivity index (χ2n) is 7.38. The minimum absolute atomic E-state index is 0.142.